The Bertz CT molecular complexity index is 1200. The Morgan fingerprint density at radius 1 is 1.38 bits per heavy atom. The van der Waals surface area contributed by atoms with Crippen molar-refractivity contribution in [3.8, 4) is 6.07 Å². The molecule has 0 radical (unpaired) electrons. The lowest BCUT2D eigenvalue weighted by Gasteiger charge is -2.10. The van der Waals surface area contributed by atoms with E-state index in [1.54, 1.807) is 41.0 Å². The average Bonchev–Trinajstić information content (AvgIpc) is 3.09. The summed E-state index contributed by atoms with van der Waals surface area (Å²) >= 11 is 0. The summed E-state index contributed by atoms with van der Waals surface area (Å²) in [5, 5.41) is 19.0. The first kappa shape index (κ1) is 19.4. The Morgan fingerprint density at radius 3 is 2.90 bits per heavy atom. The van der Waals surface area contributed by atoms with Crippen molar-refractivity contribution < 1.29 is 9.59 Å². The number of fused-ring (bicyclic) bond motifs is 1. The van der Waals surface area contributed by atoms with Gasteiger partial charge in [0.15, 0.2) is 11.9 Å². The molecule has 0 saturated heterocycles. The smallest absolute Gasteiger partial charge is 0.258 e. The molecule has 0 atom stereocenters. The largest absolute Gasteiger partial charge is 0.309 e. The zero-order valence-electron chi connectivity index (χ0n) is 15.3. The molecule has 29 heavy (non-hydrogen) atoms. The van der Waals surface area contributed by atoms with Gasteiger partial charge in [-0.3, -0.25) is 19.5 Å². The number of pyridine rings is 1. The van der Waals surface area contributed by atoms with Crippen LogP contribution in [0.25, 0.3) is 11.2 Å². The van der Waals surface area contributed by atoms with Gasteiger partial charge in [0.2, 0.25) is 5.95 Å². The highest BCUT2D eigenvalue weighted by molar-refractivity contribution is 6.04. The minimum Gasteiger partial charge on any atom is -0.309 e. The predicted octanol–water partition coefficient (Wildman–Crippen LogP) is 3.13. The average molecular weight is 384 g/mol. The number of hydrogen-bond donors (Lipinski definition) is 2. The topological polar surface area (TPSA) is 125 Å². The Kier molecular flexibility index (Phi) is 5.71. The lowest BCUT2D eigenvalue weighted by atomic mass is 10.1. The Hall–Kier alpha value is -4.38. The van der Waals surface area contributed by atoms with E-state index in [0.717, 1.165) is 6.21 Å². The Balaban J connectivity index is 2.06. The number of nitrogens with zero attached hydrogens (tertiary/aromatic N) is 4. The molecule has 1 amide bonds. The van der Waals surface area contributed by atoms with Crippen molar-refractivity contribution in [2.45, 2.75) is 6.54 Å². The van der Waals surface area contributed by atoms with Gasteiger partial charge in [-0.15, -0.1) is 0 Å². The number of imidazole rings is 1. The van der Waals surface area contributed by atoms with Crippen molar-refractivity contribution in [1.82, 2.24) is 14.5 Å². The number of carbonyl (C=O) groups is 2. The number of nitriles is 1. The molecule has 2 aromatic heterocycles. The van der Waals surface area contributed by atoms with Crippen LogP contribution in [0.2, 0.25) is 0 Å². The van der Waals surface area contributed by atoms with Gasteiger partial charge in [0.05, 0.1) is 18.2 Å². The molecule has 0 unspecified atom stereocenters. The highest BCUT2D eigenvalue weighted by Crippen LogP contribution is 2.21. The van der Waals surface area contributed by atoms with E-state index < -0.39 is 5.91 Å². The molecular formula is C21H16N6O2. The van der Waals surface area contributed by atoms with Gasteiger partial charge in [-0.2, -0.15) is 5.26 Å². The number of carbonyl (C=O) groups excluding carboxylic acids is 2. The summed E-state index contributed by atoms with van der Waals surface area (Å²) in [5.41, 5.74) is 2.65. The van der Waals surface area contributed by atoms with Crippen LogP contribution in [0, 0.1) is 16.7 Å². The number of allylic oxidation sites excluding steroid dienone is 3. The summed E-state index contributed by atoms with van der Waals surface area (Å²) in [7, 11) is 0. The quantitative estimate of drug-likeness (QED) is 0.368. The number of anilines is 1. The van der Waals surface area contributed by atoms with Crippen molar-refractivity contribution in [3.63, 3.8) is 0 Å². The number of hydrogen-bond acceptors (Lipinski definition) is 6. The zero-order valence-corrected chi connectivity index (χ0v) is 15.3. The number of rotatable bonds is 7. The van der Waals surface area contributed by atoms with Gasteiger partial charge in [0.25, 0.3) is 5.91 Å². The minimum atomic E-state index is -0.439. The molecule has 0 aliphatic heterocycles. The van der Waals surface area contributed by atoms with E-state index in [9.17, 15) is 9.59 Å². The second-order valence-corrected chi connectivity index (χ2v) is 6.01. The summed E-state index contributed by atoms with van der Waals surface area (Å²) in [5.74, 6) is -0.217. The molecule has 0 aliphatic carbocycles. The Morgan fingerprint density at radius 2 is 2.21 bits per heavy atom. The fourth-order valence-electron chi connectivity index (χ4n) is 2.71. The predicted molar refractivity (Wildman–Crippen MR) is 109 cm³/mol. The van der Waals surface area contributed by atoms with Crippen molar-refractivity contribution >= 4 is 35.5 Å². The number of amides is 1. The molecule has 2 N–H and O–H groups in total. The third-order valence-corrected chi connectivity index (χ3v) is 4.12. The molecule has 3 aromatic rings. The van der Waals surface area contributed by atoms with E-state index in [0.29, 0.717) is 39.7 Å². The lowest BCUT2D eigenvalue weighted by Crippen LogP contribution is -2.16. The van der Waals surface area contributed by atoms with E-state index in [2.05, 4.69) is 21.9 Å². The number of nitrogens with one attached hydrogen (secondary N) is 2. The number of benzene rings is 1. The van der Waals surface area contributed by atoms with Crippen LogP contribution in [0.1, 0.15) is 26.3 Å². The third kappa shape index (κ3) is 4.14. The van der Waals surface area contributed by atoms with Crippen LogP contribution in [0.15, 0.2) is 60.8 Å². The maximum atomic E-state index is 12.7. The summed E-state index contributed by atoms with van der Waals surface area (Å²) in [6.45, 7) is 4.00. The van der Waals surface area contributed by atoms with E-state index in [4.69, 9.17) is 10.7 Å². The molecule has 8 heteroatoms. The standard InChI is InChI=1S/C21H16N6O2/c1-2-14(6-7-22)12-27-19-18(9-16(13-28)11-24-19)25-21(27)26-20(29)17-5-3-4-15(8-17)10-23/h2-9,11,13,22H,1,12H2,(H,25,26,29)/b14-6+,22-7?. The molecule has 0 aliphatic rings. The maximum absolute atomic E-state index is 12.7. The molecule has 1 aromatic carbocycles. The normalized spacial score (nSPS) is 10.9. The van der Waals surface area contributed by atoms with Crippen molar-refractivity contribution in [1.29, 1.82) is 10.7 Å². The van der Waals surface area contributed by atoms with Crippen molar-refractivity contribution in [3.05, 3.63) is 77.5 Å². The molecule has 0 fully saturated rings. The summed E-state index contributed by atoms with van der Waals surface area (Å²) < 4.78 is 1.66. The van der Waals surface area contributed by atoms with Gasteiger partial charge in [0.1, 0.15) is 5.52 Å². The highest BCUT2D eigenvalue weighted by Gasteiger charge is 2.16. The second kappa shape index (κ2) is 8.54. The van der Waals surface area contributed by atoms with Gasteiger partial charge < -0.3 is 5.41 Å². The minimum absolute atomic E-state index is 0.223. The molecule has 0 saturated carbocycles. The second-order valence-electron chi connectivity index (χ2n) is 6.01. The van der Waals surface area contributed by atoms with Crippen LogP contribution in [-0.2, 0) is 6.54 Å². The molecule has 0 bridgehead atoms. The van der Waals surface area contributed by atoms with Crippen LogP contribution >= 0.6 is 0 Å². The van der Waals surface area contributed by atoms with Crippen LogP contribution < -0.4 is 5.32 Å². The van der Waals surface area contributed by atoms with Gasteiger partial charge in [-0.1, -0.05) is 18.7 Å². The molecule has 2 heterocycles. The zero-order chi connectivity index (χ0) is 20.8. The first-order valence-corrected chi connectivity index (χ1v) is 8.54. The summed E-state index contributed by atoms with van der Waals surface area (Å²) in [6.07, 6.45) is 6.39. The van der Waals surface area contributed by atoms with Gasteiger partial charge in [-0.05, 0) is 35.9 Å². The SMILES string of the molecule is C=C/C(=C\C=N)Cn1c(NC(=O)c2cccc(C#N)c2)nc2cc(C=O)cnc21. The van der Waals surface area contributed by atoms with Crippen LogP contribution in [0.3, 0.4) is 0 Å². The van der Waals surface area contributed by atoms with Gasteiger partial charge >= 0.3 is 0 Å². The highest BCUT2D eigenvalue weighted by atomic mass is 16.1. The summed E-state index contributed by atoms with van der Waals surface area (Å²) in [4.78, 5) is 32.4. The molecule has 0 spiro atoms. The van der Waals surface area contributed by atoms with Gasteiger partial charge in [-0.25, -0.2) is 9.97 Å². The fraction of sp³-hybridized carbons (Fsp3) is 0.0476. The van der Waals surface area contributed by atoms with E-state index in [-0.39, 0.29) is 12.5 Å². The first-order chi connectivity index (χ1) is 14.1. The molecule has 142 valence electrons. The van der Waals surface area contributed by atoms with E-state index in [1.165, 1.54) is 12.3 Å². The first-order valence-electron chi connectivity index (χ1n) is 8.54. The van der Waals surface area contributed by atoms with E-state index in [1.807, 2.05) is 6.07 Å². The fourth-order valence-corrected chi connectivity index (χ4v) is 2.71. The molecular weight excluding hydrogens is 368 g/mol. The monoisotopic (exact) mass is 384 g/mol. The lowest BCUT2D eigenvalue weighted by molar-refractivity contribution is 0.102. The summed E-state index contributed by atoms with van der Waals surface area (Å²) in [6, 6.07) is 9.87. The van der Waals surface area contributed by atoms with E-state index >= 15 is 0 Å². The number of aldehydes is 1. The molecule has 8 nitrogen and oxygen atoms in total. The van der Waals surface area contributed by atoms with Crippen molar-refractivity contribution in [2.75, 3.05) is 5.32 Å². The third-order valence-electron chi connectivity index (χ3n) is 4.12. The van der Waals surface area contributed by atoms with Crippen LogP contribution in [-0.4, -0.2) is 32.9 Å². The van der Waals surface area contributed by atoms with Crippen molar-refractivity contribution in [2.24, 2.45) is 0 Å². The van der Waals surface area contributed by atoms with Crippen LogP contribution in [0.5, 0.6) is 0 Å². The van der Waals surface area contributed by atoms with Gasteiger partial charge in [0, 0.05) is 23.5 Å². The van der Waals surface area contributed by atoms with Crippen LogP contribution in [0.4, 0.5) is 5.95 Å². The number of aromatic nitrogens is 3. The molecule has 3 rings (SSSR count). The maximum Gasteiger partial charge on any atom is 0.258 e. The Labute approximate surface area is 166 Å².